The highest BCUT2D eigenvalue weighted by Gasteiger charge is 2.09. The predicted molar refractivity (Wildman–Crippen MR) is 25.1 cm³/mol. The number of aliphatic hydroxyl groups excluding tert-OH is 1. The molecular weight excluding hydrogens is 94.0 g/mol. The van der Waals surface area contributed by atoms with E-state index in [1.165, 1.54) is 0 Å². The van der Waals surface area contributed by atoms with Gasteiger partial charge in [0.05, 0.1) is 0 Å². The van der Waals surface area contributed by atoms with Crippen LogP contribution in [0.2, 0.25) is 0 Å². The van der Waals surface area contributed by atoms with Gasteiger partial charge in [-0.2, -0.15) is 0 Å². The molecular formula is C4H7NO2. The first-order valence-corrected chi connectivity index (χ1v) is 2.14. The first-order chi connectivity index (χ1) is 3.29. The van der Waals surface area contributed by atoms with E-state index in [9.17, 15) is 0 Å². The van der Waals surface area contributed by atoms with Gasteiger partial charge in [-0.1, -0.05) is 0 Å². The molecule has 1 aliphatic heterocycles. The van der Waals surface area contributed by atoms with Crippen molar-refractivity contribution in [1.29, 1.82) is 0 Å². The van der Waals surface area contributed by atoms with Gasteiger partial charge in [0.15, 0.2) is 12.1 Å². The summed E-state index contributed by atoms with van der Waals surface area (Å²) in [5.74, 6) is 0.576. The van der Waals surface area contributed by atoms with Gasteiger partial charge in [0.25, 0.3) is 0 Å². The summed E-state index contributed by atoms with van der Waals surface area (Å²) in [4.78, 5) is 3.64. The third-order valence-electron chi connectivity index (χ3n) is 0.772. The standard InChI is InChI=1S/C4H7NO2/c1-3-5-4(6)2-7-3/h4,6H,2H2,1H3. The Morgan fingerprint density at radius 3 is 2.86 bits per heavy atom. The number of rotatable bonds is 0. The van der Waals surface area contributed by atoms with Crippen molar-refractivity contribution in [2.45, 2.75) is 13.2 Å². The second-order valence-corrected chi connectivity index (χ2v) is 1.44. The van der Waals surface area contributed by atoms with E-state index in [1.807, 2.05) is 0 Å². The SMILES string of the molecule is CC1=NC(O)CO1. The molecule has 0 saturated heterocycles. The van der Waals surface area contributed by atoms with Crippen molar-refractivity contribution in [3.63, 3.8) is 0 Å². The summed E-state index contributed by atoms with van der Waals surface area (Å²) in [6.45, 7) is 2.04. The summed E-state index contributed by atoms with van der Waals surface area (Å²) in [7, 11) is 0. The molecule has 1 N–H and O–H groups in total. The number of ether oxygens (including phenoxy) is 1. The van der Waals surface area contributed by atoms with Crippen molar-refractivity contribution in [3.8, 4) is 0 Å². The monoisotopic (exact) mass is 101 g/mol. The summed E-state index contributed by atoms with van der Waals surface area (Å²) in [6.07, 6.45) is -0.611. The van der Waals surface area contributed by atoms with E-state index >= 15 is 0 Å². The van der Waals surface area contributed by atoms with E-state index in [1.54, 1.807) is 6.92 Å². The van der Waals surface area contributed by atoms with E-state index < -0.39 is 6.23 Å². The van der Waals surface area contributed by atoms with Gasteiger partial charge in [0.1, 0.15) is 6.61 Å². The van der Waals surface area contributed by atoms with Crippen molar-refractivity contribution in [3.05, 3.63) is 0 Å². The highest BCUT2D eigenvalue weighted by Crippen LogP contribution is 1.98. The quantitative estimate of drug-likeness (QED) is 0.457. The maximum Gasteiger partial charge on any atom is 0.183 e. The molecule has 0 radical (unpaired) electrons. The molecule has 1 atom stereocenters. The molecule has 3 heteroatoms. The number of aliphatic imine (C=N–C) groups is 1. The molecule has 0 fully saturated rings. The Morgan fingerprint density at radius 2 is 2.71 bits per heavy atom. The molecule has 3 nitrogen and oxygen atoms in total. The predicted octanol–water partition coefficient (Wildman–Crippen LogP) is -0.247. The lowest BCUT2D eigenvalue weighted by Gasteiger charge is -1.89. The Labute approximate surface area is 41.6 Å². The third kappa shape index (κ3) is 0.899. The fraction of sp³-hybridized carbons (Fsp3) is 0.750. The van der Waals surface area contributed by atoms with Crippen LogP contribution in [0.3, 0.4) is 0 Å². The Balaban J connectivity index is 2.50. The lowest BCUT2D eigenvalue weighted by molar-refractivity contribution is 0.139. The average Bonchev–Trinajstić information content (AvgIpc) is 1.87. The molecule has 0 aliphatic carbocycles. The zero-order valence-electron chi connectivity index (χ0n) is 4.09. The minimum atomic E-state index is -0.611. The van der Waals surface area contributed by atoms with Crippen molar-refractivity contribution in [2.75, 3.05) is 6.61 Å². The molecule has 0 aromatic carbocycles. The van der Waals surface area contributed by atoms with Crippen LogP contribution in [0.4, 0.5) is 0 Å². The molecule has 1 rings (SSSR count). The maximum absolute atomic E-state index is 8.59. The summed E-state index contributed by atoms with van der Waals surface area (Å²) in [5.41, 5.74) is 0. The molecule has 7 heavy (non-hydrogen) atoms. The van der Waals surface area contributed by atoms with Crippen molar-refractivity contribution in [2.24, 2.45) is 4.99 Å². The van der Waals surface area contributed by atoms with Crippen LogP contribution >= 0.6 is 0 Å². The average molecular weight is 101 g/mol. The molecule has 0 spiro atoms. The lowest BCUT2D eigenvalue weighted by Crippen LogP contribution is -2.02. The molecule has 0 saturated carbocycles. The molecule has 1 aliphatic rings. The number of hydrogen-bond acceptors (Lipinski definition) is 3. The van der Waals surface area contributed by atoms with Gasteiger partial charge in [0, 0.05) is 6.92 Å². The van der Waals surface area contributed by atoms with E-state index in [-0.39, 0.29) is 0 Å². The molecule has 0 aromatic heterocycles. The van der Waals surface area contributed by atoms with Crippen LogP contribution in [0.25, 0.3) is 0 Å². The third-order valence-corrected chi connectivity index (χ3v) is 0.772. The maximum atomic E-state index is 8.59. The zero-order valence-corrected chi connectivity index (χ0v) is 4.09. The summed E-state index contributed by atoms with van der Waals surface area (Å²) in [6, 6.07) is 0. The van der Waals surface area contributed by atoms with Gasteiger partial charge >= 0.3 is 0 Å². The zero-order chi connectivity index (χ0) is 5.28. The Hall–Kier alpha value is -0.570. The normalized spacial score (nSPS) is 29.4. The van der Waals surface area contributed by atoms with Crippen molar-refractivity contribution in [1.82, 2.24) is 0 Å². The molecule has 1 heterocycles. The molecule has 0 aromatic rings. The van der Waals surface area contributed by atoms with Gasteiger partial charge in [-0.15, -0.1) is 0 Å². The number of hydrogen-bond donors (Lipinski definition) is 1. The second kappa shape index (κ2) is 1.50. The minimum absolute atomic E-state index is 0.325. The van der Waals surface area contributed by atoms with Crippen LogP contribution in [0.1, 0.15) is 6.92 Å². The molecule has 1 unspecified atom stereocenters. The Kier molecular flexibility index (Phi) is 0.982. The topological polar surface area (TPSA) is 41.8 Å². The van der Waals surface area contributed by atoms with Crippen LogP contribution in [0, 0.1) is 0 Å². The summed E-state index contributed by atoms with van der Waals surface area (Å²) in [5, 5.41) is 8.59. The first-order valence-electron chi connectivity index (χ1n) is 2.14. The van der Waals surface area contributed by atoms with E-state index in [0.29, 0.717) is 12.5 Å². The van der Waals surface area contributed by atoms with Crippen molar-refractivity contribution < 1.29 is 9.84 Å². The minimum Gasteiger partial charge on any atom is -0.476 e. The number of aliphatic hydroxyl groups is 1. The largest absolute Gasteiger partial charge is 0.476 e. The smallest absolute Gasteiger partial charge is 0.183 e. The summed E-state index contributed by atoms with van der Waals surface area (Å²) < 4.78 is 4.77. The van der Waals surface area contributed by atoms with Gasteiger partial charge in [0.2, 0.25) is 0 Å². The molecule has 40 valence electrons. The lowest BCUT2D eigenvalue weighted by atomic mass is 10.7. The highest BCUT2D eigenvalue weighted by molar-refractivity contribution is 5.74. The van der Waals surface area contributed by atoms with E-state index in [4.69, 9.17) is 9.84 Å². The Bertz CT molecular complexity index is 99.9. The molecule has 0 bridgehead atoms. The van der Waals surface area contributed by atoms with Gasteiger partial charge < -0.3 is 9.84 Å². The van der Waals surface area contributed by atoms with Gasteiger partial charge in [-0.3, -0.25) is 0 Å². The van der Waals surface area contributed by atoms with Crippen molar-refractivity contribution >= 4 is 5.90 Å². The Morgan fingerprint density at radius 1 is 2.00 bits per heavy atom. The highest BCUT2D eigenvalue weighted by atomic mass is 16.5. The van der Waals surface area contributed by atoms with Gasteiger partial charge in [-0.25, -0.2) is 4.99 Å². The van der Waals surface area contributed by atoms with Crippen LogP contribution in [-0.2, 0) is 4.74 Å². The van der Waals surface area contributed by atoms with Crippen LogP contribution in [0.15, 0.2) is 4.99 Å². The van der Waals surface area contributed by atoms with Crippen LogP contribution in [0.5, 0.6) is 0 Å². The second-order valence-electron chi connectivity index (χ2n) is 1.44. The fourth-order valence-corrected chi connectivity index (χ4v) is 0.480. The summed E-state index contributed by atoms with van der Waals surface area (Å²) >= 11 is 0. The molecule has 0 amide bonds. The first kappa shape index (κ1) is 4.59. The van der Waals surface area contributed by atoms with Gasteiger partial charge in [-0.05, 0) is 0 Å². The van der Waals surface area contributed by atoms with Crippen LogP contribution < -0.4 is 0 Å². The van der Waals surface area contributed by atoms with Crippen LogP contribution in [-0.4, -0.2) is 23.8 Å². The van der Waals surface area contributed by atoms with E-state index in [2.05, 4.69) is 4.99 Å². The number of nitrogens with zero attached hydrogens (tertiary/aromatic N) is 1. The fourth-order valence-electron chi connectivity index (χ4n) is 0.480. The van der Waals surface area contributed by atoms with E-state index in [0.717, 1.165) is 0 Å².